The lowest BCUT2D eigenvalue weighted by Gasteiger charge is -2.14. The average molecular weight is 777 g/mol. The zero-order valence-corrected chi connectivity index (χ0v) is 33.9. The number of nitrogens with zero attached hydrogens (tertiary/aromatic N) is 4. The van der Waals surface area contributed by atoms with Crippen LogP contribution in [0, 0.1) is 41.7 Å². The topological polar surface area (TPSA) is 56.3 Å². The van der Waals surface area contributed by atoms with Crippen LogP contribution in [0.25, 0.3) is 69.9 Å². The first-order valence-electron chi connectivity index (χ1n) is 17.2. The van der Waals surface area contributed by atoms with E-state index in [1.165, 1.54) is 78.5 Å². The minimum atomic E-state index is 0.131. The Morgan fingerprint density at radius 3 is 1.53 bits per heavy atom. The van der Waals surface area contributed by atoms with Gasteiger partial charge in [-0.2, -0.15) is 0 Å². The van der Waals surface area contributed by atoms with Gasteiger partial charge in [-0.25, -0.2) is 20.2 Å². The molecule has 6 aromatic heterocycles. The summed E-state index contributed by atoms with van der Waals surface area (Å²) in [4.78, 5) is 16.4. The van der Waals surface area contributed by atoms with E-state index in [9.17, 15) is 10.5 Å². The number of fused-ring (bicyclic) bond motifs is 2. The summed E-state index contributed by atoms with van der Waals surface area (Å²) >= 11 is 10.7. The predicted octanol–water partition coefficient (Wildman–Crippen LogP) is 15.6. The Morgan fingerprint density at radius 1 is 0.647 bits per heavy atom. The molecular weight excluding hydrogens is 741 g/mol. The highest BCUT2D eigenvalue weighted by Gasteiger charge is 2.20. The smallest absolute Gasteiger partial charge is 0.227 e. The van der Waals surface area contributed by atoms with Crippen LogP contribution in [0.15, 0.2) is 47.8 Å². The fourth-order valence-corrected chi connectivity index (χ4v) is 13.7. The summed E-state index contributed by atoms with van der Waals surface area (Å²) in [5.74, 6) is 1.00. The Hall–Kier alpha value is -3.84. The lowest BCUT2D eigenvalue weighted by molar-refractivity contribution is 0.449. The van der Waals surface area contributed by atoms with Crippen molar-refractivity contribution in [2.45, 2.75) is 78.6 Å². The first-order chi connectivity index (χ1) is 24.8. The number of allylic oxidation sites excluding steroid dienone is 2. The molecule has 1 unspecified atom stereocenters. The molecule has 0 bridgehead atoms. The molecule has 6 rings (SSSR count). The maximum atomic E-state index is 9.48. The van der Waals surface area contributed by atoms with E-state index in [0.717, 1.165) is 35.4 Å². The monoisotopic (exact) mass is 776 g/mol. The molecule has 10 heteroatoms. The van der Waals surface area contributed by atoms with Crippen molar-refractivity contribution in [2.24, 2.45) is 5.92 Å². The van der Waals surface area contributed by atoms with Gasteiger partial charge in [0.25, 0.3) is 11.4 Å². The first kappa shape index (κ1) is 36.9. The molecule has 0 spiro atoms. The SMILES string of the molecule is [C-]#[N+]/C(C#N)=C\c1sc(-c2cc3sc(-c4cc5sc(-c6cc(C(CC)CC)c(/C=C(\C#N)[N+]#[C-])s6)cc5s4)cc3s2)cc1CC(CC)CCCC. The van der Waals surface area contributed by atoms with E-state index in [2.05, 4.69) is 79.9 Å². The number of thiophene rings is 6. The van der Waals surface area contributed by atoms with Gasteiger partial charge >= 0.3 is 0 Å². The zero-order valence-electron chi connectivity index (χ0n) is 29.0. The highest BCUT2D eigenvalue weighted by Crippen LogP contribution is 2.49. The van der Waals surface area contributed by atoms with Gasteiger partial charge in [0.15, 0.2) is 0 Å². The van der Waals surface area contributed by atoms with E-state index < -0.39 is 0 Å². The number of hydrogen-bond acceptors (Lipinski definition) is 8. The first-order valence-corrected chi connectivity index (χ1v) is 22.1. The second kappa shape index (κ2) is 16.7. The van der Waals surface area contributed by atoms with Crippen molar-refractivity contribution in [1.29, 1.82) is 10.5 Å². The molecule has 51 heavy (non-hydrogen) atoms. The third-order valence-corrected chi connectivity index (χ3v) is 16.7. The number of rotatable bonds is 14. The summed E-state index contributed by atoms with van der Waals surface area (Å²) < 4.78 is 5.13. The summed E-state index contributed by atoms with van der Waals surface area (Å²) in [5, 5.41) is 18.9. The minimum absolute atomic E-state index is 0.131. The van der Waals surface area contributed by atoms with E-state index in [1.54, 1.807) is 34.8 Å². The summed E-state index contributed by atoms with van der Waals surface area (Å²) in [6.07, 6.45) is 11.3. The molecule has 0 radical (unpaired) electrons. The highest BCUT2D eigenvalue weighted by atomic mass is 32.1. The summed E-state index contributed by atoms with van der Waals surface area (Å²) in [7, 11) is 0. The van der Waals surface area contributed by atoms with Gasteiger partial charge in [-0.1, -0.05) is 53.4 Å². The van der Waals surface area contributed by atoms with Crippen LogP contribution in [-0.2, 0) is 6.42 Å². The molecule has 1 atom stereocenters. The molecule has 4 nitrogen and oxygen atoms in total. The normalized spacial score (nSPS) is 12.7. The van der Waals surface area contributed by atoms with E-state index in [4.69, 9.17) is 13.1 Å². The van der Waals surface area contributed by atoms with E-state index in [-0.39, 0.29) is 11.4 Å². The van der Waals surface area contributed by atoms with Gasteiger partial charge in [0.1, 0.15) is 0 Å². The van der Waals surface area contributed by atoms with E-state index in [1.807, 2.05) is 51.4 Å². The van der Waals surface area contributed by atoms with Gasteiger partial charge in [-0.05, 0) is 90.8 Å². The largest absolute Gasteiger partial charge is 0.263 e. The van der Waals surface area contributed by atoms with Crippen molar-refractivity contribution in [3.05, 3.63) is 91.5 Å². The third-order valence-electron chi connectivity index (χ3n) is 9.26. The quantitative estimate of drug-likeness (QED) is 0.0817. The lowest BCUT2D eigenvalue weighted by Crippen LogP contribution is -2.03. The Balaban J connectivity index is 1.27. The van der Waals surface area contributed by atoms with Crippen molar-refractivity contribution in [2.75, 3.05) is 0 Å². The minimum Gasteiger partial charge on any atom is -0.227 e. The maximum Gasteiger partial charge on any atom is 0.263 e. The maximum absolute atomic E-state index is 9.48. The van der Waals surface area contributed by atoms with Crippen LogP contribution in [0.4, 0.5) is 0 Å². The van der Waals surface area contributed by atoms with Crippen LogP contribution >= 0.6 is 68.0 Å². The molecule has 0 aromatic carbocycles. The van der Waals surface area contributed by atoms with Gasteiger partial charge in [0.05, 0.1) is 25.3 Å². The van der Waals surface area contributed by atoms with Crippen molar-refractivity contribution in [3.8, 4) is 41.4 Å². The van der Waals surface area contributed by atoms with Gasteiger partial charge in [0, 0.05) is 57.8 Å². The Labute approximate surface area is 324 Å². The van der Waals surface area contributed by atoms with Crippen molar-refractivity contribution < 1.29 is 0 Å². The molecule has 0 saturated carbocycles. The van der Waals surface area contributed by atoms with Gasteiger partial charge in [-0.3, -0.25) is 0 Å². The lowest BCUT2D eigenvalue weighted by atomic mass is 9.92. The molecule has 0 aliphatic carbocycles. The molecule has 256 valence electrons. The fourth-order valence-electron chi connectivity index (χ4n) is 6.39. The second-order valence-corrected chi connectivity index (χ2v) is 19.0. The van der Waals surface area contributed by atoms with Gasteiger partial charge < -0.3 is 0 Å². The molecule has 6 aromatic rings. The van der Waals surface area contributed by atoms with Crippen LogP contribution in [0.5, 0.6) is 0 Å². The summed E-state index contributed by atoms with van der Waals surface area (Å²) in [5.41, 5.74) is 2.76. The molecule has 0 aliphatic heterocycles. The van der Waals surface area contributed by atoms with Gasteiger partial charge in [0.2, 0.25) is 0 Å². The molecule has 0 fully saturated rings. The molecule has 0 amide bonds. The molecular formula is C41H36N4S6. The van der Waals surface area contributed by atoms with Crippen LogP contribution in [0.2, 0.25) is 0 Å². The van der Waals surface area contributed by atoms with E-state index >= 15 is 0 Å². The number of nitriles is 2. The third kappa shape index (κ3) is 7.99. The van der Waals surface area contributed by atoms with Crippen LogP contribution in [-0.4, -0.2) is 0 Å². The Kier molecular flexibility index (Phi) is 12.1. The Morgan fingerprint density at radius 2 is 1.10 bits per heavy atom. The molecule has 0 aliphatic rings. The Bertz CT molecular complexity index is 2320. The highest BCUT2D eigenvalue weighted by molar-refractivity contribution is 7.36. The molecule has 6 heterocycles. The van der Waals surface area contributed by atoms with E-state index in [0.29, 0.717) is 11.8 Å². The molecule has 0 saturated heterocycles. The summed E-state index contributed by atoms with van der Waals surface area (Å²) in [6.45, 7) is 23.7. The zero-order chi connectivity index (χ0) is 36.1. The summed E-state index contributed by atoms with van der Waals surface area (Å²) in [6, 6.07) is 17.9. The van der Waals surface area contributed by atoms with Crippen LogP contribution in [0.1, 0.15) is 93.0 Å². The van der Waals surface area contributed by atoms with Crippen molar-refractivity contribution in [1.82, 2.24) is 0 Å². The van der Waals surface area contributed by atoms with Crippen molar-refractivity contribution >= 4 is 99.0 Å². The van der Waals surface area contributed by atoms with Crippen LogP contribution in [0.3, 0.4) is 0 Å². The predicted molar refractivity (Wildman–Crippen MR) is 226 cm³/mol. The average Bonchev–Trinajstić information content (AvgIpc) is 3.98. The van der Waals surface area contributed by atoms with Crippen LogP contribution < -0.4 is 0 Å². The second-order valence-electron chi connectivity index (χ2n) is 12.5. The number of hydrogen-bond donors (Lipinski definition) is 0. The fraction of sp³-hybridized carbons (Fsp3) is 0.317. The molecule has 0 N–H and O–H groups in total. The number of unbranched alkanes of at least 4 members (excludes halogenated alkanes) is 1. The van der Waals surface area contributed by atoms with Gasteiger partial charge in [-0.15, -0.1) is 68.0 Å². The standard InChI is InChI=1S/C41H36N4S6/c1-7-11-12-24(8-2)13-26-14-32(46-30(26)15-27(22-42)44-5)34-18-36-38(48-34)20-40(50-36)41-21-39-37(51-41)19-35(49-39)33-17-29(25(9-3)10-4)31(47-33)16-28(23-43)45-6/h14-21,24-25H,7-13H2,1-4H3/b27-15-,28-16+. The van der Waals surface area contributed by atoms with Crippen molar-refractivity contribution in [3.63, 3.8) is 0 Å².